The predicted molar refractivity (Wildman–Crippen MR) is 105 cm³/mol. The SMILES string of the molecule is COC(=O)c1cccc(CN2C(=O)c3ccc(Br)cc3N(C)C(=O)[C@H]2C)c1. The molecule has 1 aliphatic rings. The lowest BCUT2D eigenvalue weighted by Crippen LogP contribution is -2.45. The quantitative estimate of drug-likeness (QED) is 0.700. The first-order chi connectivity index (χ1) is 12.8. The summed E-state index contributed by atoms with van der Waals surface area (Å²) in [7, 11) is 2.98. The number of amides is 2. The number of likely N-dealkylation sites (N-methyl/N-ethyl adjacent to an activating group) is 1. The van der Waals surface area contributed by atoms with Gasteiger partial charge in [-0.2, -0.15) is 0 Å². The van der Waals surface area contributed by atoms with Gasteiger partial charge in [-0.25, -0.2) is 4.79 Å². The summed E-state index contributed by atoms with van der Waals surface area (Å²) < 4.78 is 5.54. The molecule has 1 atom stereocenters. The van der Waals surface area contributed by atoms with Crippen LogP contribution in [0.2, 0.25) is 0 Å². The van der Waals surface area contributed by atoms with Crippen LogP contribution < -0.4 is 4.90 Å². The van der Waals surface area contributed by atoms with Crippen molar-refractivity contribution in [3.8, 4) is 0 Å². The van der Waals surface area contributed by atoms with Crippen LogP contribution in [0.25, 0.3) is 0 Å². The minimum absolute atomic E-state index is 0.177. The van der Waals surface area contributed by atoms with Gasteiger partial charge >= 0.3 is 5.97 Å². The standard InChI is InChI=1S/C20H19BrN2O4/c1-12-18(24)22(2)17-10-15(21)7-8-16(17)19(25)23(12)11-13-5-4-6-14(9-13)20(26)27-3/h4-10,12H,11H2,1-3H3/t12-/m1/s1. The highest BCUT2D eigenvalue weighted by molar-refractivity contribution is 9.10. The van der Waals surface area contributed by atoms with Crippen LogP contribution in [0, 0.1) is 0 Å². The molecule has 1 aliphatic heterocycles. The zero-order chi connectivity index (χ0) is 19.7. The van der Waals surface area contributed by atoms with Crippen LogP contribution >= 0.6 is 15.9 Å². The number of esters is 1. The molecule has 0 saturated heterocycles. The summed E-state index contributed by atoms with van der Waals surface area (Å²) in [5.74, 6) is -0.853. The van der Waals surface area contributed by atoms with Crippen molar-refractivity contribution >= 4 is 39.4 Å². The maximum atomic E-state index is 13.2. The molecule has 0 bridgehead atoms. The van der Waals surface area contributed by atoms with E-state index in [1.807, 2.05) is 6.07 Å². The van der Waals surface area contributed by atoms with Crippen molar-refractivity contribution in [2.24, 2.45) is 0 Å². The highest BCUT2D eigenvalue weighted by atomic mass is 79.9. The van der Waals surface area contributed by atoms with Gasteiger partial charge < -0.3 is 14.5 Å². The first-order valence-corrected chi connectivity index (χ1v) is 9.18. The van der Waals surface area contributed by atoms with E-state index in [0.29, 0.717) is 16.8 Å². The Kier molecular flexibility index (Phi) is 5.32. The van der Waals surface area contributed by atoms with Crippen LogP contribution in [0.4, 0.5) is 5.69 Å². The summed E-state index contributed by atoms with van der Waals surface area (Å²) in [5, 5.41) is 0. The predicted octanol–water partition coefficient (Wildman–Crippen LogP) is 3.24. The summed E-state index contributed by atoms with van der Waals surface area (Å²) in [6.07, 6.45) is 0. The minimum atomic E-state index is -0.643. The summed E-state index contributed by atoms with van der Waals surface area (Å²) in [6, 6.07) is 11.5. The third-order valence-corrected chi connectivity index (χ3v) is 5.16. The second kappa shape index (κ2) is 7.52. The van der Waals surface area contributed by atoms with Crippen LogP contribution in [0.5, 0.6) is 0 Å². The van der Waals surface area contributed by atoms with E-state index in [0.717, 1.165) is 10.0 Å². The van der Waals surface area contributed by atoms with Crippen molar-refractivity contribution in [2.45, 2.75) is 19.5 Å². The molecule has 0 saturated carbocycles. The number of benzene rings is 2. The van der Waals surface area contributed by atoms with Crippen LogP contribution in [0.15, 0.2) is 46.9 Å². The number of ether oxygens (including phenoxy) is 1. The van der Waals surface area contributed by atoms with Gasteiger partial charge in [0.2, 0.25) is 5.91 Å². The molecule has 2 aromatic rings. The van der Waals surface area contributed by atoms with E-state index in [2.05, 4.69) is 15.9 Å². The molecule has 2 aromatic carbocycles. The normalized spacial score (nSPS) is 16.8. The highest BCUT2D eigenvalue weighted by Gasteiger charge is 2.35. The van der Waals surface area contributed by atoms with Gasteiger partial charge in [-0.15, -0.1) is 0 Å². The number of methoxy groups -OCH3 is 1. The number of anilines is 1. The first kappa shape index (κ1) is 19.1. The average molecular weight is 431 g/mol. The molecule has 0 aromatic heterocycles. The fraction of sp³-hybridized carbons (Fsp3) is 0.250. The number of nitrogens with zero attached hydrogens (tertiary/aromatic N) is 2. The summed E-state index contributed by atoms with van der Waals surface area (Å²) >= 11 is 3.39. The fourth-order valence-corrected chi connectivity index (χ4v) is 3.49. The number of rotatable bonds is 3. The van der Waals surface area contributed by atoms with E-state index in [1.165, 1.54) is 16.9 Å². The lowest BCUT2D eigenvalue weighted by Gasteiger charge is -2.27. The van der Waals surface area contributed by atoms with Gasteiger partial charge in [0.15, 0.2) is 0 Å². The Labute approximate surface area is 165 Å². The maximum Gasteiger partial charge on any atom is 0.337 e. The molecule has 0 spiro atoms. The Morgan fingerprint density at radius 2 is 1.93 bits per heavy atom. The summed E-state index contributed by atoms with van der Waals surface area (Å²) in [4.78, 5) is 40.8. The monoisotopic (exact) mass is 430 g/mol. The minimum Gasteiger partial charge on any atom is -0.465 e. The van der Waals surface area contributed by atoms with Crippen molar-refractivity contribution in [3.63, 3.8) is 0 Å². The first-order valence-electron chi connectivity index (χ1n) is 8.39. The van der Waals surface area contributed by atoms with E-state index in [4.69, 9.17) is 4.74 Å². The lowest BCUT2D eigenvalue weighted by molar-refractivity contribution is -0.122. The largest absolute Gasteiger partial charge is 0.465 e. The van der Waals surface area contributed by atoms with Crippen LogP contribution in [0.1, 0.15) is 33.2 Å². The van der Waals surface area contributed by atoms with Crippen molar-refractivity contribution in [1.82, 2.24) is 4.90 Å². The molecule has 0 fully saturated rings. The van der Waals surface area contributed by atoms with Gasteiger partial charge in [0, 0.05) is 18.1 Å². The third kappa shape index (κ3) is 3.60. The van der Waals surface area contributed by atoms with E-state index >= 15 is 0 Å². The number of fused-ring (bicyclic) bond motifs is 1. The van der Waals surface area contributed by atoms with Gasteiger partial charge in [0.1, 0.15) is 6.04 Å². The molecule has 7 heteroatoms. The van der Waals surface area contributed by atoms with E-state index in [1.54, 1.807) is 50.4 Å². The molecule has 0 radical (unpaired) electrons. The molecule has 27 heavy (non-hydrogen) atoms. The zero-order valence-electron chi connectivity index (χ0n) is 15.2. The maximum absolute atomic E-state index is 13.2. The number of hydrogen-bond acceptors (Lipinski definition) is 4. The zero-order valence-corrected chi connectivity index (χ0v) is 16.8. The van der Waals surface area contributed by atoms with E-state index in [9.17, 15) is 14.4 Å². The van der Waals surface area contributed by atoms with Gasteiger partial charge in [-0.05, 0) is 42.8 Å². The van der Waals surface area contributed by atoms with E-state index in [-0.39, 0.29) is 18.4 Å². The number of hydrogen-bond donors (Lipinski definition) is 0. The molecule has 1 heterocycles. The molecule has 0 unspecified atom stereocenters. The highest BCUT2D eigenvalue weighted by Crippen LogP contribution is 2.30. The van der Waals surface area contributed by atoms with Crippen molar-refractivity contribution < 1.29 is 19.1 Å². The van der Waals surface area contributed by atoms with Crippen molar-refractivity contribution in [3.05, 3.63) is 63.6 Å². The Bertz CT molecular complexity index is 928. The summed E-state index contributed by atoms with van der Waals surface area (Å²) in [5.41, 5.74) is 2.17. The molecule has 3 rings (SSSR count). The second-order valence-corrected chi connectivity index (χ2v) is 7.28. The second-order valence-electron chi connectivity index (χ2n) is 6.36. The van der Waals surface area contributed by atoms with Crippen LogP contribution in [-0.2, 0) is 16.1 Å². The lowest BCUT2D eigenvalue weighted by atomic mass is 10.1. The number of carbonyl (C=O) groups is 3. The fourth-order valence-electron chi connectivity index (χ4n) is 3.15. The topological polar surface area (TPSA) is 66.9 Å². The van der Waals surface area contributed by atoms with Gasteiger partial charge in [-0.3, -0.25) is 9.59 Å². The van der Waals surface area contributed by atoms with Crippen LogP contribution in [-0.4, -0.2) is 42.9 Å². The molecular weight excluding hydrogens is 412 g/mol. The van der Waals surface area contributed by atoms with E-state index < -0.39 is 12.0 Å². The van der Waals surface area contributed by atoms with Crippen molar-refractivity contribution in [1.29, 1.82) is 0 Å². The smallest absolute Gasteiger partial charge is 0.337 e. The van der Waals surface area contributed by atoms with Gasteiger partial charge in [0.05, 0.1) is 23.9 Å². The Morgan fingerprint density at radius 1 is 1.19 bits per heavy atom. The van der Waals surface area contributed by atoms with Gasteiger partial charge in [0.25, 0.3) is 5.91 Å². The molecular formula is C20H19BrN2O4. The average Bonchev–Trinajstić information content (AvgIpc) is 2.74. The summed E-state index contributed by atoms with van der Waals surface area (Å²) in [6.45, 7) is 1.92. The molecule has 0 N–H and O–H groups in total. The third-order valence-electron chi connectivity index (χ3n) is 4.67. The Hall–Kier alpha value is -2.67. The molecule has 0 aliphatic carbocycles. The molecule has 140 valence electrons. The van der Waals surface area contributed by atoms with Crippen molar-refractivity contribution in [2.75, 3.05) is 19.1 Å². The molecule has 6 nitrogen and oxygen atoms in total. The molecule has 2 amide bonds. The Morgan fingerprint density at radius 3 is 2.63 bits per heavy atom. The number of halogens is 1. The van der Waals surface area contributed by atoms with Crippen LogP contribution in [0.3, 0.4) is 0 Å². The van der Waals surface area contributed by atoms with Gasteiger partial charge in [-0.1, -0.05) is 28.1 Å². The Balaban J connectivity index is 2.00. The number of carbonyl (C=O) groups excluding carboxylic acids is 3.